The van der Waals surface area contributed by atoms with Gasteiger partial charge in [-0.25, -0.2) is 0 Å². The summed E-state index contributed by atoms with van der Waals surface area (Å²) < 4.78 is 0. The van der Waals surface area contributed by atoms with Crippen molar-refractivity contribution in [2.45, 2.75) is 30.7 Å². The van der Waals surface area contributed by atoms with Crippen LogP contribution in [0.1, 0.15) is 24.8 Å². The molecule has 5 heteroatoms. The fourth-order valence-electron chi connectivity index (χ4n) is 4.87. The molecule has 1 aromatic carbocycles. The molecule has 2 bridgehead atoms. The van der Waals surface area contributed by atoms with Gasteiger partial charge in [-0.2, -0.15) is 0 Å². The second kappa shape index (κ2) is 4.88. The number of Topliss-reactive ketones (excluding diaryl/α,β-unsaturated/α-hetero) is 1. The van der Waals surface area contributed by atoms with E-state index in [0.29, 0.717) is 18.4 Å². The van der Waals surface area contributed by atoms with Crippen molar-refractivity contribution in [3.63, 3.8) is 0 Å². The third-order valence-electron chi connectivity index (χ3n) is 5.91. The van der Waals surface area contributed by atoms with Crippen molar-refractivity contribution in [2.75, 3.05) is 13.1 Å². The van der Waals surface area contributed by atoms with Gasteiger partial charge in [0.2, 0.25) is 0 Å². The number of piperidine rings is 1. The molecule has 3 atom stereocenters. The van der Waals surface area contributed by atoms with Gasteiger partial charge in [-0.1, -0.05) is 24.8 Å². The number of benzene rings is 1. The smallest absolute Gasteiger partial charge is 0.273 e. The summed E-state index contributed by atoms with van der Waals surface area (Å²) in [6.07, 6.45) is 1.99. The van der Waals surface area contributed by atoms with Crippen LogP contribution in [0, 0.1) is 16.0 Å². The predicted octanol–water partition coefficient (Wildman–Crippen LogP) is 2.61. The lowest BCUT2D eigenvalue weighted by atomic mass is 9.60. The Balaban J connectivity index is 1.88. The van der Waals surface area contributed by atoms with E-state index in [9.17, 15) is 14.9 Å². The highest BCUT2D eigenvalue weighted by Gasteiger charge is 2.60. The van der Waals surface area contributed by atoms with Crippen molar-refractivity contribution in [3.8, 4) is 0 Å². The quantitative estimate of drug-likeness (QED) is 0.478. The van der Waals surface area contributed by atoms with Gasteiger partial charge in [0.1, 0.15) is 5.78 Å². The normalized spacial score (nSPS) is 32.7. The van der Waals surface area contributed by atoms with Gasteiger partial charge in [0, 0.05) is 37.2 Å². The molecular formula is C18H18N2O3. The predicted molar refractivity (Wildman–Crippen MR) is 85.1 cm³/mol. The molecule has 0 aromatic heterocycles. The first-order valence-corrected chi connectivity index (χ1v) is 7.98. The Morgan fingerprint density at radius 1 is 1.39 bits per heavy atom. The Kier molecular flexibility index (Phi) is 3.05. The van der Waals surface area contributed by atoms with Crippen LogP contribution in [-0.2, 0) is 10.2 Å². The monoisotopic (exact) mass is 310 g/mol. The number of carbonyl (C=O) groups is 1. The highest BCUT2D eigenvalue weighted by molar-refractivity contribution is 5.94. The standard InChI is InChI=1S/C18H18N2O3/c1-2-12-11-19-8-7-18(16(19)9-13(12)10-17(18)21)14-5-3-4-6-15(14)20(22)23/h3-6,13,16H,1,7-11H2/t13-,16+,18-/m1/s1. The Morgan fingerprint density at radius 3 is 2.91 bits per heavy atom. The first-order chi connectivity index (χ1) is 11.1. The molecule has 0 spiro atoms. The van der Waals surface area contributed by atoms with E-state index in [1.54, 1.807) is 18.2 Å². The average molecular weight is 310 g/mol. The molecule has 118 valence electrons. The molecular weight excluding hydrogens is 292 g/mol. The summed E-state index contributed by atoms with van der Waals surface area (Å²) in [7, 11) is 0. The van der Waals surface area contributed by atoms with Crippen LogP contribution in [0.15, 0.2) is 42.1 Å². The van der Waals surface area contributed by atoms with E-state index < -0.39 is 5.41 Å². The van der Waals surface area contributed by atoms with Gasteiger partial charge in [-0.15, -0.1) is 5.73 Å². The maximum absolute atomic E-state index is 13.1. The number of para-hydroxylation sites is 1. The van der Waals surface area contributed by atoms with E-state index in [1.807, 2.05) is 0 Å². The van der Waals surface area contributed by atoms with Gasteiger partial charge in [-0.3, -0.25) is 19.8 Å². The molecule has 0 N–H and O–H groups in total. The van der Waals surface area contributed by atoms with Crippen molar-refractivity contribution in [3.05, 3.63) is 57.8 Å². The fourth-order valence-corrected chi connectivity index (χ4v) is 4.87. The molecule has 0 amide bonds. The molecule has 2 heterocycles. The Labute approximate surface area is 134 Å². The minimum absolute atomic E-state index is 0.0620. The van der Waals surface area contributed by atoms with Crippen LogP contribution in [0.5, 0.6) is 0 Å². The van der Waals surface area contributed by atoms with E-state index in [-0.39, 0.29) is 28.4 Å². The minimum Gasteiger partial charge on any atom is -0.299 e. The number of fused-ring (bicyclic) bond motifs is 1. The van der Waals surface area contributed by atoms with Crippen molar-refractivity contribution >= 4 is 11.5 Å². The van der Waals surface area contributed by atoms with Crippen molar-refractivity contribution in [1.29, 1.82) is 0 Å². The molecule has 3 aliphatic rings. The third-order valence-corrected chi connectivity index (χ3v) is 5.91. The number of carbonyl (C=O) groups excluding carboxylic acids is 1. The molecule has 1 aromatic rings. The average Bonchev–Trinajstić information content (AvgIpc) is 2.96. The Morgan fingerprint density at radius 2 is 2.17 bits per heavy atom. The molecule has 0 unspecified atom stereocenters. The highest BCUT2D eigenvalue weighted by atomic mass is 16.6. The maximum Gasteiger partial charge on any atom is 0.273 e. The summed E-state index contributed by atoms with van der Waals surface area (Å²) >= 11 is 0. The van der Waals surface area contributed by atoms with Crippen LogP contribution in [0.4, 0.5) is 5.69 Å². The summed E-state index contributed by atoms with van der Waals surface area (Å²) in [6, 6.07) is 6.83. The third kappa shape index (κ3) is 1.81. The van der Waals surface area contributed by atoms with E-state index in [1.165, 1.54) is 6.07 Å². The van der Waals surface area contributed by atoms with Gasteiger partial charge in [0.05, 0.1) is 10.3 Å². The zero-order chi connectivity index (χ0) is 16.2. The molecule has 3 fully saturated rings. The molecule has 2 aliphatic heterocycles. The Hall–Kier alpha value is -2.23. The first-order valence-electron chi connectivity index (χ1n) is 7.98. The van der Waals surface area contributed by atoms with Crippen molar-refractivity contribution in [2.24, 2.45) is 5.92 Å². The molecule has 5 nitrogen and oxygen atoms in total. The second-order valence-electron chi connectivity index (χ2n) is 6.74. The van der Waals surface area contributed by atoms with E-state index in [0.717, 1.165) is 25.1 Å². The van der Waals surface area contributed by atoms with Crippen LogP contribution in [-0.4, -0.2) is 34.7 Å². The van der Waals surface area contributed by atoms with Crippen LogP contribution in [0.3, 0.4) is 0 Å². The number of nitro benzene ring substituents is 1. The zero-order valence-electron chi connectivity index (χ0n) is 12.8. The number of nitrogens with zero attached hydrogens (tertiary/aromatic N) is 2. The van der Waals surface area contributed by atoms with Gasteiger partial charge < -0.3 is 0 Å². The molecule has 23 heavy (non-hydrogen) atoms. The largest absolute Gasteiger partial charge is 0.299 e. The summed E-state index contributed by atoms with van der Waals surface area (Å²) in [5, 5.41) is 11.5. The van der Waals surface area contributed by atoms with E-state index in [4.69, 9.17) is 0 Å². The fraction of sp³-hybridized carbons (Fsp3) is 0.444. The SMILES string of the molecule is C=C=C1CN2CC[C@]3(c4ccccc4[N+](=O)[O-])C(=O)C[C@H]1C[C@H]23. The zero-order valence-corrected chi connectivity index (χ0v) is 12.8. The van der Waals surface area contributed by atoms with Crippen LogP contribution < -0.4 is 0 Å². The second-order valence-corrected chi connectivity index (χ2v) is 6.74. The van der Waals surface area contributed by atoms with Crippen LogP contribution in [0.25, 0.3) is 0 Å². The van der Waals surface area contributed by atoms with Crippen LogP contribution >= 0.6 is 0 Å². The number of hydrogen-bond donors (Lipinski definition) is 0. The topological polar surface area (TPSA) is 63.4 Å². The minimum atomic E-state index is -0.715. The summed E-state index contributed by atoms with van der Waals surface area (Å²) in [5.74, 6) is 0.346. The molecule has 1 aliphatic carbocycles. The molecule has 0 radical (unpaired) electrons. The highest BCUT2D eigenvalue weighted by Crippen LogP contribution is 2.54. The Bertz CT molecular complexity index is 765. The molecule has 2 saturated heterocycles. The number of ketones is 1. The lowest BCUT2D eigenvalue weighted by Gasteiger charge is -2.47. The van der Waals surface area contributed by atoms with Gasteiger partial charge in [-0.05, 0) is 24.3 Å². The van der Waals surface area contributed by atoms with Crippen molar-refractivity contribution in [1.82, 2.24) is 4.90 Å². The van der Waals surface area contributed by atoms with Gasteiger partial charge >= 0.3 is 0 Å². The van der Waals surface area contributed by atoms with Gasteiger partial charge in [0.25, 0.3) is 5.69 Å². The lowest BCUT2D eigenvalue weighted by Crippen LogP contribution is -2.56. The number of hydrogen-bond acceptors (Lipinski definition) is 4. The van der Waals surface area contributed by atoms with Crippen molar-refractivity contribution < 1.29 is 9.72 Å². The number of rotatable bonds is 2. The van der Waals surface area contributed by atoms with Crippen LogP contribution in [0.2, 0.25) is 0 Å². The lowest BCUT2D eigenvalue weighted by molar-refractivity contribution is -0.386. The van der Waals surface area contributed by atoms with Gasteiger partial charge in [0.15, 0.2) is 0 Å². The summed E-state index contributed by atoms with van der Waals surface area (Å²) in [4.78, 5) is 26.5. The molecule has 1 saturated carbocycles. The first kappa shape index (κ1) is 14.4. The molecule has 4 rings (SSSR count). The summed E-state index contributed by atoms with van der Waals surface area (Å²) in [6.45, 7) is 5.34. The van der Waals surface area contributed by atoms with E-state index in [2.05, 4.69) is 17.2 Å². The number of nitro groups is 1. The van der Waals surface area contributed by atoms with E-state index >= 15 is 0 Å². The maximum atomic E-state index is 13.1. The summed E-state index contributed by atoms with van der Waals surface area (Å²) in [5.41, 5.74) is 4.09.